The van der Waals surface area contributed by atoms with E-state index in [1.165, 1.54) is 6.92 Å². The normalized spacial score (nSPS) is 26.1. The van der Waals surface area contributed by atoms with Crippen LogP contribution < -0.4 is 10.6 Å². The quantitative estimate of drug-likeness (QED) is 0.507. The van der Waals surface area contributed by atoms with Crippen LogP contribution in [0, 0.1) is 0 Å². The van der Waals surface area contributed by atoms with Crippen LogP contribution in [0.1, 0.15) is 20.3 Å². The molecule has 2 aromatic carbocycles. The number of aliphatic imine (C=N–C) groups is 2. The minimum Gasteiger partial charge on any atom is -0.314 e. The zero-order valence-corrected chi connectivity index (χ0v) is 22.1. The van der Waals surface area contributed by atoms with Crippen molar-refractivity contribution in [2.24, 2.45) is 9.98 Å². The molecular formula is C23H24Cl4N6O2+2. The Labute approximate surface area is 223 Å². The van der Waals surface area contributed by atoms with Gasteiger partial charge in [-0.05, 0) is 45.6 Å². The van der Waals surface area contributed by atoms with E-state index in [1.807, 2.05) is 0 Å². The molecule has 2 aromatic rings. The molecule has 2 unspecified atom stereocenters. The van der Waals surface area contributed by atoms with Crippen molar-refractivity contribution in [1.82, 2.24) is 10.6 Å². The van der Waals surface area contributed by atoms with Crippen LogP contribution in [0.15, 0.2) is 46.4 Å². The lowest BCUT2D eigenvalue weighted by Gasteiger charge is -2.41. The second kappa shape index (κ2) is 10.0. The Balaban J connectivity index is 1.96. The maximum Gasteiger partial charge on any atom is 0.369 e. The van der Waals surface area contributed by atoms with Crippen molar-refractivity contribution in [1.29, 1.82) is 0 Å². The summed E-state index contributed by atoms with van der Waals surface area (Å²) < 4.78 is -0.787. The van der Waals surface area contributed by atoms with E-state index >= 15 is 0 Å². The third-order valence-corrected chi connectivity index (χ3v) is 7.30. The summed E-state index contributed by atoms with van der Waals surface area (Å²) >= 11 is 24.9. The number of nitrogens with zero attached hydrogens (tertiary/aromatic N) is 4. The molecule has 0 spiro atoms. The van der Waals surface area contributed by atoms with Crippen molar-refractivity contribution in [2.45, 2.75) is 20.3 Å². The monoisotopic (exact) mass is 556 g/mol. The van der Waals surface area contributed by atoms with Gasteiger partial charge in [0.05, 0.1) is 47.9 Å². The highest BCUT2D eigenvalue weighted by Gasteiger charge is 2.70. The molecule has 0 saturated carbocycles. The molecule has 0 bridgehead atoms. The summed E-state index contributed by atoms with van der Waals surface area (Å²) in [6.07, 6.45) is 0.178. The molecule has 0 aliphatic carbocycles. The average Bonchev–Trinajstić information content (AvgIpc) is 3.42. The first kappa shape index (κ1) is 25.9. The van der Waals surface area contributed by atoms with Crippen molar-refractivity contribution < 1.29 is 18.8 Å². The van der Waals surface area contributed by atoms with Gasteiger partial charge < -0.3 is 10.6 Å². The number of amides is 2. The zero-order chi connectivity index (χ0) is 25.4. The standard InChI is InChI=1S/C23H24Cl4N6O2/c1-3-21(35)33(11-9-29-23(33)31-20-7-5-16(25)13-18(20)27)32(14(2)34)10-8-28-22(32)30-19-6-4-15(24)12-17(19)26/h4-7,12-13H,3,8-11H2,1-2H3,(H,28,30)(H,29,31)/q+2. The van der Waals surface area contributed by atoms with Crippen molar-refractivity contribution in [2.75, 3.05) is 26.2 Å². The van der Waals surface area contributed by atoms with Crippen molar-refractivity contribution in [3.8, 4) is 0 Å². The van der Waals surface area contributed by atoms with Gasteiger partial charge in [0, 0.05) is 10.0 Å². The van der Waals surface area contributed by atoms with E-state index in [2.05, 4.69) is 10.6 Å². The fourth-order valence-electron chi connectivity index (χ4n) is 4.66. The number of hydrogen-bond donors (Lipinski definition) is 2. The van der Waals surface area contributed by atoms with E-state index in [-0.39, 0.29) is 22.8 Å². The molecule has 2 aliphatic heterocycles. The van der Waals surface area contributed by atoms with Gasteiger partial charge in [-0.25, -0.2) is 9.59 Å². The minimum absolute atomic E-state index is 0.178. The summed E-state index contributed by atoms with van der Waals surface area (Å²) in [5, 5.41) is 8.04. The lowest BCUT2D eigenvalue weighted by Crippen LogP contribution is -2.79. The van der Waals surface area contributed by atoms with Crippen molar-refractivity contribution in [3.63, 3.8) is 0 Å². The predicted octanol–water partition coefficient (Wildman–Crippen LogP) is 5.21. The molecule has 2 N–H and O–H groups in total. The molecule has 2 saturated heterocycles. The predicted molar refractivity (Wildman–Crippen MR) is 139 cm³/mol. The van der Waals surface area contributed by atoms with Gasteiger partial charge >= 0.3 is 23.7 Å². The number of carbonyl (C=O) groups excluding carboxylic acids is 2. The zero-order valence-electron chi connectivity index (χ0n) is 19.1. The third-order valence-electron chi connectivity index (χ3n) is 6.23. The molecule has 0 aromatic heterocycles. The molecule has 12 heteroatoms. The smallest absolute Gasteiger partial charge is 0.314 e. The second-order valence-corrected chi connectivity index (χ2v) is 9.86. The Hall–Kier alpha value is -2.20. The van der Waals surface area contributed by atoms with Crippen LogP contribution in [0.2, 0.25) is 20.1 Å². The number of benzene rings is 2. The number of halogens is 4. The summed E-state index contributed by atoms with van der Waals surface area (Å²) in [6, 6.07) is 9.83. The van der Waals surface area contributed by atoms with Crippen LogP contribution in [0.3, 0.4) is 0 Å². The molecule has 2 fully saturated rings. The molecular weight excluding hydrogens is 534 g/mol. The number of carbonyl (C=O) groups is 2. The first-order valence-electron chi connectivity index (χ1n) is 11.0. The van der Waals surface area contributed by atoms with Crippen LogP contribution in [-0.2, 0) is 9.59 Å². The van der Waals surface area contributed by atoms with Gasteiger partial charge in [-0.2, -0.15) is 9.98 Å². The number of nitrogens with one attached hydrogen (secondary N) is 2. The second-order valence-electron chi connectivity index (χ2n) is 8.17. The van der Waals surface area contributed by atoms with Gasteiger partial charge in [-0.15, -0.1) is 0 Å². The van der Waals surface area contributed by atoms with Crippen molar-refractivity contribution in [3.05, 3.63) is 56.5 Å². The molecule has 2 atom stereocenters. The highest BCUT2D eigenvalue weighted by Crippen LogP contribution is 2.37. The van der Waals surface area contributed by atoms with Gasteiger partial charge in [0.25, 0.3) is 0 Å². The molecule has 2 amide bonds. The first-order chi connectivity index (χ1) is 16.7. The average molecular weight is 558 g/mol. The molecule has 4 rings (SSSR count). The SMILES string of the molecule is CCC(=O)[N+]1([N+]2(C(C)=O)CCNC2=Nc2ccc(Cl)cc2Cl)CCNC1=Nc1ccc(Cl)cc1Cl. The Morgan fingerprint density at radius 3 is 1.71 bits per heavy atom. The van der Waals surface area contributed by atoms with Crippen LogP contribution >= 0.6 is 46.4 Å². The first-order valence-corrected chi connectivity index (χ1v) is 12.5. The van der Waals surface area contributed by atoms with Crippen LogP contribution in [0.25, 0.3) is 0 Å². The van der Waals surface area contributed by atoms with Gasteiger partial charge in [0.2, 0.25) is 0 Å². The lowest BCUT2D eigenvalue weighted by atomic mass is 10.3. The topological polar surface area (TPSA) is 82.9 Å². The Morgan fingerprint density at radius 1 is 0.829 bits per heavy atom. The maximum absolute atomic E-state index is 13.8. The molecule has 2 heterocycles. The molecule has 184 valence electrons. The van der Waals surface area contributed by atoms with E-state index in [4.69, 9.17) is 56.4 Å². The Bertz CT molecular complexity index is 1270. The van der Waals surface area contributed by atoms with E-state index in [0.717, 1.165) is 0 Å². The number of quaternary nitrogens is 2. The van der Waals surface area contributed by atoms with Crippen LogP contribution in [-0.4, -0.2) is 59.1 Å². The van der Waals surface area contributed by atoms with Crippen molar-refractivity contribution >= 4 is 81.5 Å². The van der Waals surface area contributed by atoms with E-state index in [0.29, 0.717) is 69.6 Å². The van der Waals surface area contributed by atoms with Gasteiger partial charge in [0.1, 0.15) is 0 Å². The molecule has 2 aliphatic rings. The summed E-state index contributed by atoms with van der Waals surface area (Å²) in [4.78, 5) is 36.8. The summed E-state index contributed by atoms with van der Waals surface area (Å²) in [7, 11) is 0. The highest BCUT2D eigenvalue weighted by atomic mass is 35.5. The molecule has 35 heavy (non-hydrogen) atoms. The van der Waals surface area contributed by atoms with Gasteiger partial charge in [0.15, 0.2) is 13.1 Å². The number of guanidine groups is 2. The lowest BCUT2D eigenvalue weighted by molar-refractivity contribution is -1.34. The minimum atomic E-state index is -0.400. The van der Waals surface area contributed by atoms with Gasteiger partial charge in [-0.1, -0.05) is 53.3 Å². The molecule has 0 radical (unpaired) electrons. The summed E-state index contributed by atoms with van der Waals surface area (Å²) in [5.74, 6) is 0.170. The Morgan fingerprint density at radius 2 is 1.29 bits per heavy atom. The Kier molecular flexibility index (Phi) is 7.43. The van der Waals surface area contributed by atoms with Crippen LogP contribution in [0.4, 0.5) is 11.4 Å². The third kappa shape index (κ3) is 4.33. The summed E-state index contributed by atoms with van der Waals surface area (Å²) in [6.45, 7) is 4.67. The number of rotatable bonds is 3. The van der Waals surface area contributed by atoms with E-state index < -0.39 is 4.59 Å². The van der Waals surface area contributed by atoms with Crippen LogP contribution in [0.5, 0.6) is 0 Å². The fourth-order valence-corrected chi connectivity index (χ4v) is 5.56. The largest absolute Gasteiger partial charge is 0.369 e. The maximum atomic E-state index is 13.8. The van der Waals surface area contributed by atoms with E-state index in [1.54, 1.807) is 43.3 Å². The fraction of sp³-hybridized carbons (Fsp3) is 0.304. The molecule has 8 nitrogen and oxygen atoms in total. The highest BCUT2D eigenvalue weighted by molar-refractivity contribution is 6.36. The van der Waals surface area contributed by atoms with Gasteiger partial charge in [-0.3, -0.25) is 0 Å². The summed E-state index contributed by atoms with van der Waals surface area (Å²) in [5.41, 5.74) is 0.859. The van der Waals surface area contributed by atoms with E-state index in [9.17, 15) is 9.59 Å². The number of hydrogen-bond acceptors (Lipinski definition) is 4.